The number of piperidine rings is 1. The van der Waals surface area contributed by atoms with Crippen LogP contribution in [0.25, 0.3) is 0 Å². The van der Waals surface area contributed by atoms with Crippen molar-refractivity contribution < 1.29 is 14.3 Å². The molecule has 0 aromatic heterocycles. The summed E-state index contributed by atoms with van der Waals surface area (Å²) in [7, 11) is 2.99. The second kappa shape index (κ2) is 10.00. The molecule has 0 aliphatic carbocycles. The average molecular weight is 448 g/mol. The molecule has 1 aliphatic heterocycles. The van der Waals surface area contributed by atoms with E-state index in [-0.39, 0.29) is 10.7 Å². The predicted octanol–water partition coefficient (Wildman–Crippen LogP) is 4.72. The second-order valence-electron chi connectivity index (χ2n) is 7.28. The van der Waals surface area contributed by atoms with Crippen LogP contribution in [0.1, 0.15) is 30.1 Å². The van der Waals surface area contributed by atoms with E-state index >= 15 is 0 Å². The highest BCUT2D eigenvalue weighted by Crippen LogP contribution is 2.32. The third-order valence-corrected chi connectivity index (χ3v) is 5.72. The van der Waals surface area contributed by atoms with Gasteiger partial charge in [-0.25, -0.2) is 0 Å². The van der Waals surface area contributed by atoms with E-state index in [1.165, 1.54) is 27.1 Å². The second-order valence-corrected chi connectivity index (χ2v) is 8.10. The summed E-state index contributed by atoms with van der Waals surface area (Å²) >= 11 is 11.8. The van der Waals surface area contributed by atoms with Gasteiger partial charge in [-0.15, -0.1) is 0 Å². The maximum atomic E-state index is 12.7. The Labute approximate surface area is 187 Å². The van der Waals surface area contributed by atoms with Crippen LogP contribution in [-0.4, -0.2) is 38.3 Å². The molecule has 0 atom stereocenters. The Hall–Kier alpha value is -2.51. The number of benzene rings is 2. The van der Waals surface area contributed by atoms with Gasteiger partial charge in [-0.1, -0.05) is 24.6 Å². The maximum Gasteiger partial charge on any atom is 0.264 e. The highest BCUT2D eigenvalue weighted by Gasteiger charge is 2.20. The van der Waals surface area contributed by atoms with Crippen molar-refractivity contribution in [2.75, 3.05) is 37.5 Å². The van der Waals surface area contributed by atoms with Crippen LogP contribution in [0.15, 0.2) is 36.4 Å². The van der Waals surface area contributed by atoms with Gasteiger partial charge in [-0.05, 0) is 61.3 Å². The molecule has 0 spiro atoms. The zero-order valence-corrected chi connectivity index (χ0v) is 18.9. The van der Waals surface area contributed by atoms with E-state index in [4.69, 9.17) is 33.3 Å². The number of nitrogens with one attached hydrogen (secondary N) is 2. The average Bonchev–Trinajstić information content (AvgIpc) is 2.73. The van der Waals surface area contributed by atoms with Gasteiger partial charge in [-0.2, -0.15) is 0 Å². The van der Waals surface area contributed by atoms with E-state index in [1.54, 1.807) is 18.2 Å². The predicted molar refractivity (Wildman–Crippen MR) is 125 cm³/mol. The standard InChI is InChI=1S/C22H26ClN3O3S/c1-14-9-11-26(12-10-14)17-8-7-15(13-16(17)23)24-22(30)25-21(27)20-18(28-2)5-4-6-19(20)29-3/h4-8,13-14H,9-12H2,1-3H3,(H2,24,25,27,30). The van der Waals surface area contributed by atoms with Gasteiger partial charge in [0.25, 0.3) is 5.91 Å². The minimum atomic E-state index is -0.424. The van der Waals surface area contributed by atoms with Crippen molar-refractivity contribution in [3.63, 3.8) is 0 Å². The number of thiocarbonyl (C=S) groups is 1. The van der Waals surface area contributed by atoms with Gasteiger partial charge >= 0.3 is 0 Å². The Morgan fingerprint density at radius 1 is 1.13 bits per heavy atom. The molecular weight excluding hydrogens is 422 g/mol. The van der Waals surface area contributed by atoms with Crippen molar-refractivity contribution >= 4 is 46.2 Å². The lowest BCUT2D eigenvalue weighted by Gasteiger charge is -2.32. The van der Waals surface area contributed by atoms with Gasteiger partial charge in [0, 0.05) is 18.8 Å². The molecule has 1 heterocycles. The largest absolute Gasteiger partial charge is 0.496 e. The molecule has 30 heavy (non-hydrogen) atoms. The van der Waals surface area contributed by atoms with Crippen molar-refractivity contribution in [2.45, 2.75) is 19.8 Å². The number of anilines is 2. The molecular formula is C22H26ClN3O3S. The van der Waals surface area contributed by atoms with E-state index in [1.807, 2.05) is 18.2 Å². The lowest BCUT2D eigenvalue weighted by Crippen LogP contribution is -2.34. The van der Waals surface area contributed by atoms with E-state index in [0.29, 0.717) is 22.2 Å². The molecule has 1 fully saturated rings. The van der Waals surface area contributed by atoms with Gasteiger partial charge in [-0.3, -0.25) is 10.1 Å². The molecule has 2 aromatic carbocycles. The quantitative estimate of drug-likeness (QED) is 0.646. The maximum absolute atomic E-state index is 12.7. The Morgan fingerprint density at radius 3 is 2.33 bits per heavy atom. The lowest BCUT2D eigenvalue weighted by molar-refractivity contribution is 0.0971. The van der Waals surface area contributed by atoms with Crippen LogP contribution in [0.5, 0.6) is 11.5 Å². The Morgan fingerprint density at radius 2 is 1.77 bits per heavy atom. The van der Waals surface area contributed by atoms with E-state index in [2.05, 4.69) is 22.5 Å². The first-order valence-corrected chi connectivity index (χ1v) is 10.6. The van der Waals surface area contributed by atoms with E-state index in [0.717, 1.165) is 24.7 Å². The molecule has 1 amide bonds. The fraction of sp³-hybridized carbons (Fsp3) is 0.364. The molecule has 2 N–H and O–H groups in total. The topological polar surface area (TPSA) is 62.8 Å². The van der Waals surface area contributed by atoms with E-state index in [9.17, 15) is 4.79 Å². The van der Waals surface area contributed by atoms with Crippen molar-refractivity contribution in [1.82, 2.24) is 5.32 Å². The summed E-state index contributed by atoms with van der Waals surface area (Å²) < 4.78 is 10.6. The number of methoxy groups -OCH3 is 2. The van der Waals surface area contributed by atoms with Crippen LogP contribution in [0.2, 0.25) is 5.02 Å². The molecule has 6 nitrogen and oxygen atoms in total. The number of rotatable bonds is 5. The van der Waals surface area contributed by atoms with Gasteiger partial charge < -0.3 is 19.7 Å². The SMILES string of the molecule is COc1cccc(OC)c1C(=O)NC(=S)Nc1ccc(N2CCC(C)CC2)c(Cl)c1. The number of carbonyl (C=O) groups excluding carboxylic acids is 1. The number of halogens is 1. The molecule has 0 radical (unpaired) electrons. The summed E-state index contributed by atoms with van der Waals surface area (Å²) in [5.74, 6) is 1.13. The van der Waals surface area contributed by atoms with Gasteiger partial charge in [0.2, 0.25) is 0 Å². The monoisotopic (exact) mass is 447 g/mol. The summed E-state index contributed by atoms with van der Waals surface area (Å²) in [6.45, 7) is 4.29. The summed E-state index contributed by atoms with van der Waals surface area (Å²) in [4.78, 5) is 15.0. The number of amides is 1. The molecule has 2 aromatic rings. The number of nitrogens with zero attached hydrogens (tertiary/aromatic N) is 1. The van der Waals surface area contributed by atoms with Crippen LogP contribution >= 0.6 is 23.8 Å². The molecule has 1 aliphatic rings. The first-order valence-electron chi connectivity index (χ1n) is 9.80. The molecule has 160 valence electrons. The molecule has 0 bridgehead atoms. The van der Waals surface area contributed by atoms with Crippen molar-refractivity contribution in [1.29, 1.82) is 0 Å². The normalized spacial score (nSPS) is 14.2. The lowest BCUT2D eigenvalue weighted by atomic mass is 9.99. The molecule has 0 unspecified atom stereocenters. The summed E-state index contributed by atoms with van der Waals surface area (Å²) in [5, 5.41) is 6.48. The molecule has 3 rings (SSSR count). The first-order chi connectivity index (χ1) is 14.4. The van der Waals surface area contributed by atoms with Gasteiger partial charge in [0.15, 0.2) is 5.11 Å². The number of hydrogen-bond acceptors (Lipinski definition) is 5. The highest BCUT2D eigenvalue weighted by atomic mass is 35.5. The Kier molecular flexibility index (Phi) is 7.39. The van der Waals surface area contributed by atoms with Crippen LogP contribution in [0.4, 0.5) is 11.4 Å². The zero-order chi connectivity index (χ0) is 21.7. The third-order valence-electron chi connectivity index (χ3n) is 5.21. The summed E-state index contributed by atoms with van der Waals surface area (Å²) in [6, 6.07) is 10.8. The molecule has 8 heteroatoms. The van der Waals surface area contributed by atoms with Crippen LogP contribution in [0.3, 0.4) is 0 Å². The zero-order valence-electron chi connectivity index (χ0n) is 17.3. The summed E-state index contributed by atoms with van der Waals surface area (Å²) in [5.41, 5.74) is 1.99. The van der Waals surface area contributed by atoms with E-state index < -0.39 is 5.91 Å². The Bertz CT molecular complexity index is 908. The minimum Gasteiger partial charge on any atom is -0.496 e. The number of hydrogen-bond donors (Lipinski definition) is 2. The molecule has 0 saturated carbocycles. The molecule has 1 saturated heterocycles. The van der Waals surface area contributed by atoms with Crippen LogP contribution < -0.4 is 25.0 Å². The summed E-state index contributed by atoms with van der Waals surface area (Å²) in [6.07, 6.45) is 2.33. The van der Waals surface area contributed by atoms with Crippen molar-refractivity contribution in [2.24, 2.45) is 5.92 Å². The van der Waals surface area contributed by atoms with Gasteiger partial charge in [0.05, 0.1) is 24.9 Å². The smallest absolute Gasteiger partial charge is 0.264 e. The van der Waals surface area contributed by atoms with Crippen LogP contribution in [-0.2, 0) is 0 Å². The first kappa shape index (κ1) is 22.2. The number of carbonyl (C=O) groups is 1. The third kappa shape index (κ3) is 5.15. The van der Waals surface area contributed by atoms with Crippen molar-refractivity contribution in [3.05, 3.63) is 47.0 Å². The Balaban J connectivity index is 1.67. The number of ether oxygens (including phenoxy) is 2. The van der Waals surface area contributed by atoms with Crippen LogP contribution in [0, 0.1) is 5.92 Å². The fourth-order valence-corrected chi connectivity index (χ4v) is 4.00. The fourth-order valence-electron chi connectivity index (χ4n) is 3.49. The highest BCUT2D eigenvalue weighted by molar-refractivity contribution is 7.80. The minimum absolute atomic E-state index is 0.156. The van der Waals surface area contributed by atoms with Gasteiger partial charge in [0.1, 0.15) is 17.1 Å². The van der Waals surface area contributed by atoms with Crippen molar-refractivity contribution in [3.8, 4) is 11.5 Å².